The maximum absolute atomic E-state index is 13.2. The van der Waals surface area contributed by atoms with Gasteiger partial charge in [0.2, 0.25) is 0 Å². The molecular formula is C13H13FN2O3. The van der Waals surface area contributed by atoms with Gasteiger partial charge in [-0.25, -0.2) is 4.39 Å². The molecule has 6 heteroatoms. The van der Waals surface area contributed by atoms with E-state index in [0.29, 0.717) is 0 Å². The zero-order valence-corrected chi connectivity index (χ0v) is 9.97. The second-order valence-electron chi connectivity index (χ2n) is 4.35. The molecule has 0 saturated heterocycles. The highest BCUT2D eigenvalue weighted by molar-refractivity contribution is 5.99. The Morgan fingerprint density at radius 3 is 2.74 bits per heavy atom. The van der Waals surface area contributed by atoms with E-state index in [9.17, 15) is 14.0 Å². The summed E-state index contributed by atoms with van der Waals surface area (Å²) in [5, 5.41) is 11.4. The van der Waals surface area contributed by atoms with Crippen molar-refractivity contribution < 1.29 is 19.1 Å². The highest BCUT2D eigenvalue weighted by Gasteiger charge is 2.26. The third-order valence-corrected chi connectivity index (χ3v) is 3.01. The van der Waals surface area contributed by atoms with Crippen molar-refractivity contribution in [3.05, 3.63) is 41.7 Å². The largest absolute Gasteiger partial charge is 0.481 e. The van der Waals surface area contributed by atoms with E-state index in [2.05, 4.69) is 5.32 Å². The number of amides is 1. The Morgan fingerprint density at radius 2 is 2.11 bits per heavy atom. The molecule has 5 nitrogen and oxygen atoms in total. The van der Waals surface area contributed by atoms with Gasteiger partial charge < -0.3 is 16.2 Å². The third-order valence-electron chi connectivity index (χ3n) is 3.01. The van der Waals surface area contributed by atoms with E-state index >= 15 is 0 Å². The number of halogens is 1. The smallest absolute Gasteiger partial charge is 0.310 e. The number of nitrogen functional groups attached to an aromatic ring is 1. The molecule has 0 heterocycles. The van der Waals surface area contributed by atoms with Crippen LogP contribution in [0.1, 0.15) is 16.8 Å². The average molecular weight is 264 g/mol. The minimum absolute atomic E-state index is 0.0483. The fraction of sp³-hybridized carbons (Fsp3) is 0.231. The van der Waals surface area contributed by atoms with Crippen molar-refractivity contribution in [1.82, 2.24) is 5.32 Å². The number of nitrogens with two attached hydrogens (primary N) is 1. The maximum atomic E-state index is 13.2. The van der Waals surface area contributed by atoms with E-state index in [0.717, 1.165) is 0 Å². The van der Waals surface area contributed by atoms with Gasteiger partial charge in [-0.05, 0) is 18.6 Å². The van der Waals surface area contributed by atoms with Crippen molar-refractivity contribution in [3.63, 3.8) is 0 Å². The molecule has 0 aliphatic heterocycles. The van der Waals surface area contributed by atoms with Gasteiger partial charge in [0.15, 0.2) is 0 Å². The predicted octanol–water partition coefficient (Wildman–Crippen LogP) is 1.17. The number of nitrogens with one attached hydrogen (secondary N) is 1. The fourth-order valence-electron chi connectivity index (χ4n) is 1.97. The van der Waals surface area contributed by atoms with E-state index < -0.39 is 23.6 Å². The van der Waals surface area contributed by atoms with Gasteiger partial charge in [0.05, 0.1) is 17.2 Å². The summed E-state index contributed by atoms with van der Waals surface area (Å²) in [6.45, 7) is 0. The lowest BCUT2D eigenvalue weighted by Gasteiger charge is -2.13. The Bertz CT molecular complexity index is 557. The molecule has 2 rings (SSSR count). The van der Waals surface area contributed by atoms with Crippen LogP contribution in [0, 0.1) is 11.7 Å². The van der Waals surface area contributed by atoms with Gasteiger partial charge in [-0.3, -0.25) is 9.59 Å². The highest BCUT2D eigenvalue weighted by Crippen LogP contribution is 2.20. The van der Waals surface area contributed by atoms with Crippen LogP contribution in [0.25, 0.3) is 0 Å². The monoisotopic (exact) mass is 264 g/mol. The lowest BCUT2D eigenvalue weighted by Crippen LogP contribution is -2.33. The molecule has 0 bridgehead atoms. The molecule has 19 heavy (non-hydrogen) atoms. The molecule has 0 radical (unpaired) electrons. The summed E-state index contributed by atoms with van der Waals surface area (Å²) in [7, 11) is 0. The number of benzene rings is 1. The molecule has 0 aromatic heterocycles. The van der Waals surface area contributed by atoms with Gasteiger partial charge in [0, 0.05) is 6.04 Å². The summed E-state index contributed by atoms with van der Waals surface area (Å²) in [5.74, 6) is -2.70. The first-order valence-corrected chi connectivity index (χ1v) is 5.75. The molecule has 0 saturated carbocycles. The molecule has 1 amide bonds. The van der Waals surface area contributed by atoms with Gasteiger partial charge >= 0.3 is 5.97 Å². The number of hydrogen-bond acceptors (Lipinski definition) is 3. The van der Waals surface area contributed by atoms with E-state index in [1.54, 1.807) is 6.08 Å². The van der Waals surface area contributed by atoms with Crippen LogP contribution in [0.4, 0.5) is 10.1 Å². The van der Waals surface area contributed by atoms with Crippen LogP contribution >= 0.6 is 0 Å². The fourth-order valence-corrected chi connectivity index (χ4v) is 1.97. The SMILES string of the molecule is Nc1c(F)cccc1C(=O)NC1C=CC(C(=O)O)C1. The number of carboxylic acids is 1. The Morgan fingerprint density at radius 1 is 1.37 bits per heavy atom. The molecule has 0 fully saturated rings. The lowest BCUT2D eigenvalue weighted by atomic mass is 10.1. The van der Waals surface area contributed by atoms with Crippen molar-refractivity contribution >= 4 is 17.6 Å². The number of carbonyl (C=O) groups excluding carboxylic acids is 1. The quantitative estimate of drug-likeness (QED) is 0.564. The van der Waals surface area contributed by atoms with Crippen LogP contribution in [0.2, 0.25) is 0 Å². The summed E-state index contributed by atoms with van der Waals surface area (Å²) < 4.78 is 13.2. The summed E-state index contributed by atoms with van der Waals surface area (Å²) in [6, 6.07) is 3.60. The topological polar surface area (TPSA) is 92.4 Å². The van der Waals surface area contributed by atoms with E-state index in [1.807, 2.05) is 0 Å². The second kappa shape index (κ2) is 5.09. The summed E-state index contributed by atoms with van der Waals surface area (Å²) in [6.07, 6.45) is 3.44. The Labute approximate surface area is 108 Å². The van der Waals surface area contributed by atoms with Crippen molar-refractivity contribution in [1.29, 1.82) is 0 Å². The standard InChI is InChI=1S/C13H13FN2O3/c14-10-3-1-2-9(11(10)15)12(17)16-8-5-4-7(6-8)13(18)19/h1-5,7-8H,6,15H2,(H,16,17)(H,18,19). The average Bonchev–Trinajstić information content (AvgIpc) is 2.81. The molecule has 2 unspecified atom stereocenters. The molecule has 1 aliphatic carbocycles. The van der Waals surface area contributed by atoms with Crippen LogP contribution in [-0.4, -0.2) is 23.0 Å². The molecule has 1 aromatic carbocycles. The van der Waals surface area contributed by atoms with Gasteiger partial charge in [0.25, 0.3) is 5.91 Å². The zero-order chi connectivity index (χ0) is 14.0. The molecule has 4 N–H and O–H groups in total. The molecule has 100 valence electrons. The first kappa shape index (κ1) is 13.1. The van der Waals surface area contributed by atoms with Crippen LogP contribution in [-0.2, 0) is 4.79 Å². The Balaban J connectivity index is 2.05. The summed E-state index contributed by atoms with van der Waals surface area (Å²) in [4.78, 5) is 22.7. The number of anilines is 1. The molecule has 2 atom stereocenters. The van der Waals surface area contributed by atoms with Crippen molar-refractivity contribution in [2.75, 3.05) is 5.73 Å². The van der Waals surface area contributed by atoms with Gasteiger partial charge in [-0.1, -0.05) is 18.2 Å². The number of rotatable bonds is 3. The molecule has 1 aromatic rings. The normalized spacial score (nSPS) is 21.3. The van der Waals surface area contributed by atoms with Gasteiger partial charge in [0.1, 0.15) is 5.82 Å². The third kappa shape index (κ3) is 2.73. The second-order valence-corrected chi connectivity index (χ2v) is 4.35. The van der Waals surface area contributed by atoms with Crippen LogP contribution in [0.5, 0.6) is 0 Å². The number of aliphatic carboxylic acids is 1. The van der Waals surface area contributed by atoms with E-state index in [1.165, 1.54) is 24.3 Å². The van der Waals surface area contributed by atoms with Crippen molar-refractivity contribution in [2.24, 2.45) is 5.92 Å². The van der Waals surface area contributed by atoms with Gasteiger partial charge in [-0.2, -0.15) is 0 Å². The van der Waals surface area contributed by atoms with E-state index in [-0.39, 0.29) is 23.7 Å². The van der Waals surface area contributed by atoms with Gasteiger partial charge in [-0.15, -0.1) is 0 Å². The van der Waals surface area contributed by atoms with Crippen LogP contribution < -0.4 is 11.1 Å². The highest BCUT2D eigenvalue weighted by atomic mass is 19.1. The van der Waals surface area contributed by atoms with Crippen LogP contribution in [0.3, 0.4) is 0 Å². The Kier molecular flexibility index (Phi) is 3.50. The minimum Gasteiger partial charge on any atom is -0.481 e. The van der Waals surface area contributed by atoms with Crippen LogP contribution in [0.15, 0.2) is 30.4 Å². The minimum atomic E-state index is -0.932. The van der Waals surface area contributed by atoms with Crippen molar-refractivity contribution in [2.45, 2.75) is 12.5 Å². The number of carboxylic acid groups (broad SMARTS) is 1. The predicted molar refractivity (Wildman–Crippen MR) is 66.9 cm³/mol. The summed E-state index contributed by atoms with van der Waals surface area (Å²) in [5.41, 5.74) is 5.32. The summed E-state index contributed by atoms with van der Waals surface area (Å²) >= 11 is 0. The first-order chi connectivity index (χ1) is 8.99. The Hall–Kier alpha value is -2.37. The number of carbonyl (C=O) groups is 2. The molecular weight excluding hydrogens is 251 g/mol. The maximum Gasteiger partial charge on any atom is 0.310 e. The number of para-hydroxylation sites is 1. The molecule has 0 spiro atoms. The van der Waals surface area contributed by atoms with Crippen molar-refractivity contribution in [3.8, 4) is 0 Å². The first-order valence-electron chi connectivity index (χ1n) is 5.75. The van der Waals surface area contributed by atoms with E-state index in [4.69, 9.17) is 10.8 Å². The lowest BCUT2D eigenvalue weighted by molar-refractivity contribution is -0.140. The number of hydrogen-bond donors (Lipinski definition) is 3. The molecule has 1 aliphatic rings. The zero-order valence-electron chi connectivity index (χ0n) is 9.97.